The highest BCUT2D eigenvalue weighted by molar-refractivity contribution is 6.33. The SMILES string of the molecule is C[C@H](NCC(=O)Nc1ccc(F)cc1Cl)C(=O)O. The van der Waals surface area contributed by atoms with E-state index >= 15 is 0 Å². The predicted octanol–water partition coefficient (Wildman–Crippen LogP) is 1.48. The molecule has 0 saturated carbocycles. The normalized spacial score (nSPS) is 11.9. The lowest BCUT2D eigenvalue weighted by Crippen LogP contribution is -2.39. The molecular weight excluding hydrogens is 263 g/mol. The van der Waals surface area contributed by atoms with Crippen molar-refractivity contribution in [2.45, 2.75) is 13.0 Å². The number of amides is 1. The second-order valence-corrected chi connectivity index (χ2v) is 4.02. The van der Waals surface area contributed by atoms with Crippen molar-refractivity contribution in [2.24, 2.45) is 0 Å². The summed E-state index contributed by atoms with van der Waals surface area (Å²) in [5.41, 5.74) is 0.271. The largest absolute Gasteiger partial charge is 0.480 e. The number of nitrogens with one attached hydrogen (secondary N) is 2. The third-order valence-corrected chi connectivity index (χ3v) is 2.46. The van der Waals surface area contributed by atoms with Crippen molar-refractivity contribution < 1.29 is 19.1 Å². The van der Waals surface area contributed by atoms with Gasteiger partial charge < -0.3 is 10.4 Å². The van der Waals surface area contributed by atoms with E-state index in [1.54, 1.807) is 0 Å². The maximum atomic E-state index is 12.8. The van der Waals surface area contributed by atoms with Crippen LogP contribution in [0.25, 0.3) is 0 Å². The van der Waals surface area contributed by atoms with Crippen molar-refractivity contribution in [2.75, 3.05) is 11.9 Å². The second kappa shape index (κ2) is 6.32. The van der Waals surface area contributed by atoms with Crippen molar-refractivity contribution in [3.8, 4) is 0 Å². The summed E-state index contributed by atoms with van der Waals surface area (Å²) < 4.78 is 12.8. The number of aliphatic carboxylic acids is 1. The summed E-state index contributed by atoms with van der Waals surface area (Å²) in [5.74, 6) is -2.02. The van der Waals surface area contributed by atoms with E-state index in [1.807, 2.05) is 0 Å². The summed E-state index contributed by atoms with van der Waals surface area (Å²) in [6.45, 7) is 1.24. The monoisotopic (exact) mass is 274 g/mol. The third-order valence-electron chi connectivity index (χ3n) is 2.14. The summed E-state index contributed by atoms with van der Waals surface area (Å²) in [6, 6.07) is 2.73. The molecule has 1 aromatic rings. The Morgan fingerprint density at radius 2 is 2.17 bits per heavy atom. The number of benzene rings is 1. The van der Waals surface area contributed by atoms with Crippen LogP contribution in [0.3, 0.4) is 0 Å². The number of carboxylic acids is 1. The van der Waals surface area contributed by atoms with Crippen molar-refractivity contribution in [3.05, 3.63) is 29.0 Å². The van der Waals surface area contributed by atoms with Gasteiger partial charge in [0.25, 0.3) is 0 Å². The minimum Gasteiger partial charge on any atom is -0.480 e. The molecule has 0 bridgehead atoms. The number of hydrogen-bond acceptors (Lipinski definition) is 3. The van der Waals surface area contributed by atoms with Crippen LogP contribution in [0.5, 0.6) is 0 Å². The van der Waals surface area contributed by atoms with Crippen molar-refractivity contribution in [1.82, 2.24) is 5.32 Å². The molecule has 1 rings (SSSR count). The maximum Gasteiger partial charge on any atom is 0.320 e. The number of halogens is 2. The topological polar surface area (TPSA) is 78.4 Å². The van der Waals surface area contributed by atoms with Crippen molar-refractivity contribution in [3.63, 3.8) is 0 Å². The Morgan fingerprint density at radius 1 is 1.50 bits per heavy atom. The van der Waals surface area contributed by atoms with Crippen LogP contribution in [0, 0.1) is 5.82 Å². The van der Waals surface area contributed by atoms with E-state index in [9.17, 15) is 14.0 Å². The molecule has 1 amide bonds. The van der Waals surface area contributed by atoms with Crippen LogP contribution in [0.2, 0.25) is 5.02 Å². The zero-order valence-electron chi connectivity index (χ0n) is 9.54. The minimum atomic E-state index is -1.05. The Labute approximate surface area is 108 Å². The van der Waals surface area contributed by atoms with Crippen LogP contribution in [0.1, 0.15) is 6.92 Å². The fraction of sp³-hybridized carbons (Fsp3) is 0.273. The maximum absolute atomic E-state index is 12.8. The zero-order valence-corrected chi connectivity index (χ0v) is 10.3. The molecule has 5 nitrogen and oxygen atoms in total. The van der Waals surface area contributed by atoms with Crippen LogP contribution >= 0.6 is 11.6 Å². The van der Waals surface area contributed by atoms with Crippen molar-refractivity contribution >= 4 is 29.2 Å². The van der Waals surface area contributed by atoms with Crippen molar-refractivity contribution in [1.29, 1.82) is 0 Å². The van der Waals surface area contributed by atoms with Crippen LogP contribution in [-0.4, -0.2) is 29.6 Å². The first-order valence-corrected chi connectivity index (χ1v) is 5.49. The van der Waals surface area contributed by atoms with Crippen LogP contribution in [0.15, 0.2) is 18.2 Å². The lowest BCUT2D eigenvalue weighted by molar-refractivity contribution is -0.139. The summed E-state index contributed by atoms with van der Waals surface area (Å²) in [5, 5.41) is 13.6. The number of carbonyl (C=O) groups is 2. The Balaban J connectivity index is 2.52. The summed E-state index contributed by atoms with van der Waals surface area (Å²) in [4.78, 5) is 22.0. The van der Waals surface area contributed by atoms with Gasteiger partial charge in [-0.2, -0.15) is 0 Å². The lowest BCUT2D eigenvalue weighted by Gasteiger charge is -2.10. The van der Waals surface area contributed by atoms with Gasteiger partial charge in [-0.15, -0.1) is 0 Å². The highest BCUT2D eigenvalue weighted by Gasteiger charge is 2.12. The lowest BCUT2D eigenvalue weighted by atomic mass is 10.3. The van der Waals surface area contributed by atoms with Gasteiger partial charge in [0.1, 0.15) is 11.9 Å². The fourth-order valence-corrected chi connectivity index (χ4v) is 1.33. The first-order valence-electron chi connectivity index (χ1n) is 5.11. The molecule has 0 aliphatic carbocycles. The molecule has 18 heavy (non-hydrogen) atoms. The smallest absolute Gasteiger partial charge is 0.320 e. The average molecular weight is 275 g/mol. The Kier molecular flexibility index (Phi) is 5.06. The molecule has 98 valence electrons. The number of carboxylic acid groups (broad SMARTS) is 1. The van der Waals surface area contributed by atoms with Gasteiger partial charge in [-0.1, -0.05) is 11.6 Å². The van der Waals surface area contributed by atoms with E-state index in [-0.39, 0.29) is 17.3 Å². The quantitative estimate of drug-likeness (QED) is 0.760. The number of anilines is 1. The molecule has 0 heterocycles. The highest BCUT2D eigenvalue weighted by atomic mass is 35.5. The molecule has 0 spiro atoms. The molecule has 7 heteroatoms. The highest BCUT2D eigenvalue weighted by Crippen LogP contribution is 2.22. The van der Waals surface area contributed by atoms with Gasteiger partial charge in [-0.05, 0) is 25.1 Å². The van der Waals surface area contributed by atoms with Crippen LogP contribution in [0.4, 0.5) is 10.1 Å². The van der Waals surface area contributed by atoms with E-state index in [4.69, 9.17) is 16.7 Å². The van der Waals surface area contributed by atoms with Gasteiger partial charge in [0, 0.05) is 0 Å². The predicted molar refractivity (Wildman–Crippen MR) is 65.1 cm³/mol. The minimum absolute atomic E-state index is 0.0784. The molecule has 1 atom stereocenters. The number of carbonyl (C=O) groups excluding carboxylic acids is 1. The first-order chi connectivity index (χ1) is 8.40. The summed E-state index contributed by atoms with van der Waals surface area (Å²) >= 11 is 5.72. The summed E-state index contributed by atoms with van der Waals surface area (Å²) in [6.07, 6.45) is 0. The molecule has 0 aromatic heterocycles. The standard InChI is InChI=1S/C11H12ClFN2O3/c1-6(11(17)18)14-5-10(16)15-9-3-2-7(13)4-8(9)12/h2-4,6,14H,5H2,1H3,(H,15,16)(H,17,18)/t6-/m0/s1. The van der Waals surface area contributed by atoms with Gasteiger partial charge in [0.2, 0.25) is 5.91 Å². The fourth-order valence-electron chi connectivity index (χ4n) is 1.12. The molecule has 0 radical (unpaired) electrons. The van der Waals surface area contributed by atoms with Crippen LogP contribution in [-0.2, 0) is 9.59 Å². The Morgan fingerprint density at radius 3 is 2.72 bits per heavy atom. The molecule has 0 fully saturated rings. The molecule has 1 aromatic carbocycles. The third kappa shape index (κ3) is 4.31. The van der Waals surface area contributed by atoms with Gasteiger partial charge >= 0.3 is 5.97 Å². The molecule has 3 N–H and O–H groups in total. The first kappa shape index (κ1) is 14.4. The van der Waals surface area contributed by atoms with E-state index < -0.39 is 23.7 Å². The number of rotatable bonds is 5. The van der Waals surface area contributed by atoms with E-state index in [1.165, 1.54) is 13.0 Å². The van der Waals surface area contributed by atoms with E-state index in [2.05, 4.69) is 10.6 Å². The van der Waals surface area contributed by atoms with Gasteiger partial charge in [-0.3, -0.25) is 14.9 Å². The molecule has 0 unspecified atom stereocenters. The van der Waals surface area contributed by atoms with Crippen LogP contribution < -0.4 is 10.6 Å². The molecular formula is C11H12ClFN2O3. The van der Waals surface area contributed by atoms with E-state index in [0.717, 1.165) is 12.1 Å². The molecule has 0 aliphatic heterocycles. The van der Waals surface area contributed by atoms with E-state index in [0.29, 0.717) is 0 Å². The van der Waals surface area contributed by atoms with Gasteiger partial charge in [-0.25, -0.2) is 4.39 Å². The average Bonchev–Trinajstić information content (AvgIpc) is 2.29. The molecule has 0 aliphatic rings. The van der Waals surface area contributed by atoms with Gasteiger partial charge in [0.05, 0.1) is 17.3 Å². The second-order valence-electron chi connectivity index (χ2n) is 3.61. The summed E-state index contributed by atoms with van der Waals surface area (Å²) in [7, 11) is 0. The molecule has 0 saturated heterocycles. The zero-order chi connectivity index (χ0) is 13.7. The number of hydrogen-bond donors (Lipinski definition) is 3. The Bertz CT molecular complexity index is 468. The van der Waals surface area contributed by atoms with Gasteiger partial charge in [0.15, 0.2) is 0 Å². The Hall–Kier alpha value is -1.66.